The third kappa shape index (κ3) is 4.44. The van der Waals surface area contributed by atoms with E-state index in [4.69, 9.17) is 0 Å². The number of aromatic nitrogens is 3. The zero-order valence-electron chi connectivity index (χ0n) is 16.1. The Morgan fingerprint density at radius 2 is 1.67 bits per heavy atom. The van der Waals surface area contributed by atoms with Crippen molar-refractivity contribution in [2.45, 2.75) is 6.42 Å². The molecule has 1 amide bonds. The van der Waals surface area contributed by atoms with E-state index in [9.17, 15) is 13.6 Å². The molecule has 0 atom stereocenters. The summed E-state index contributed by atoms with van der Waals surface area (Å²) in [6.45, 7) is 0.419. The standard InChI is InChI=1S/C22H18F2N4OS/c1-28-20(12-19(27-28)14-2-6-16(23)7-3-14)21(29)25-11-10-18-13-30-22(26-18)15-4-8-17(24)9-5-15/h2-9,12-13H,10-11H2,1H3,(H,25,29). The van der Waals surface area contributed by atoms with E-state index in [1.54, 1.807) is 37.4 Å². The highest BCUT2D eigenvalue weighted by molar-refractivity contribution is 7.13. The molecule has 0 radical (unpaired) electrons. The molecular formula is C22H18F2N4OS. The van der Waals surface area contributed by atoms with Crippen LogP contribution in [0.15, 0.2) is 60.0 Å². The molecular weight excluding hydrogens is 406 g/mol. The van der Waals surface area contributed by atoms with Gasteiger partial charge in [-0.2, -0.15) is 5.10 Å². The Labute approximate surface area is 176 Å². The molecule has 5 nitrogen and oxygen atoms in total. The van der Waals surface area contributed by atoms with Crippen LogP contribution in [0.1, 0.15) is 16.2 Å². The quantitative estimate of drug-likeness (QED) is 0.497. The first-order valence-corrected chi connectivity index (χ1v) is 10.2. The molecule has 0 aliphatic heterocycles. The minimum Gasteiger partial charge on any atom is -0.350 e. The molecule has 2 aromatic carbocycles. The molecule has 0 saturated carbocycles. The average molecular weight is 424 g/mol. The van der Waals surface area contributed by atoms with Crippen molar-refractivity contribution in [3.8, 4) is 21.8 Å². The minimum atomic E-state index is -0.322. The van der Waals surface area contributed by atoms with Gasteiger partial charge in [0.15, 0.2) is 0 Å². The van der Waals surface area contributed by atoms with Gasteiger partial charge < -0.3 is 5.32 Å². The van der Waals surface area contributed by atoms with Crippen molar-refractivity contribution >= 4 is 17.2 Å². The topological polar surface area (TPSA) is 59.8 Å². The van der Waals surface area contributed by atoms with E-state index >= 15 is 0 Å². The number of amides is 1. The van der Waals surface area contributed by atoms with Crippen molar-refractivity contribution in [1.82, 2.24) is 20.1 Å². The second-order valence-electron chi connectivity index (χ2n) is 6.70. The van der Waals surface area contributed by atoms with Gasteiger partial charge in [0.05, 0.1) is 11.4 Å². The van der Waals surface area contributed by atoms with Crippen molar-refractivity contribution in [2.75, 3.05) is 6.54 Å². The van der Waals surface area contributed by atoms with Gasteiger partial charge in [0, 0.05) is 36.5 Å². The van der Waals surface area contributed by atoms with Crippen molar-refractivity contribution in [2.24, 2.45) is 7.05 Å². The Morgan fingerprint density at radius 1 is 1.03 bits per heavy atom. The number of benzene rings is 2. The Balaban J connectivity index is 1.36. The number of rotatable bonds is 6. The monoisotopic (exact) mass is 424 g/mol. The lowest BCUT2D eigenvalue weighted by atomic mass is 10.1. The Bertz CT molecular complexity index is 1170. The highest BCUT2D eigenvalue weighted by atomic mass is 32.1. The van der Waals surface area contributed by atoms with E-state index in [0.29, 0.717) is 24.4 Å². The molecule has 0 bridgehead atoms. The van der Waals surface area contributed by atoms with E-state index < -0.39 is 0 Å². The molecule has 4 aromatic rings. The van der Waals surface area contributed by atoms with Crippen LogP contribution in [0.5, 0.6) is 0 Å². The number of nitrogens with one attached hydrogen (secondary N) is 1. The molecule has 0 unspecified atom stereocenters. The van der Waals surface area contributed by atoms with Crippen LogP contribution in [0.2, 0.25) is 0 Å². The van der Waals surface area contributed by atoms with E-state index in [1.165, 1.54) is 40.3 Å². The first-order valence-electron chi connectivity index (χ1n) is 9.28. The third-order valence-electron chi connectivity index (χ3n) is 4.56. The third-order valence-corrected chi connectivity index (χ3v) is 5.50. The lowest BCUT2D eigenvalue weighted by Gasteiger charge is -2.03. The van der Waals surface area contributed by atoms with Gasteiger partial charge in [-0.25, -0.2) is 13.8 Å². The zero-order valence-corrected chi connectivity index (χ0v) is 16.9. The maximum atomic E-state index is 13.1. The van der Waals surface area contributed by atoms with Crippen LogP contribution in [0.3, 0.4) is 0 Å². The Morgan fingerprint density at radius 3 is 2.33 bits per heavy atom. The van der Waals surface area contributed by atoms with Gasteiger partial charge in [-0.05, 0) is 54.6 Å². The van der Waals surface area contributed by atoms with E-state index in [1.807, 2.05) is 5.38 Å². The van der Waals surface area contributed by atoms with Crippen LogP contribution < -0.4 is 5.32 Å². The molecule has 1 N–H and O–H groups in total. The molecule has 2 aromatic heterocycles. The summed E-state index contributed by atoms with van der Waals surface area (Å²) in [6, 6.07) is 13.9. The van der Waals surface area contributed by atoms with Gasteiger partial charge in [-0.1, -0.05) is 0 Å². The number of nitrogens with zero attached hydrogens (tertiary/aromatic N) is 3. The van der Waals surface area contributed by atoms with E-state index in [-0.39, 0.29) is 17.5 Å². The number of hydrogen-bond acceptors (Lipinski definition) is 4. The van der Waals surface area contributed by atoms with Gasteiger partial charge >= 0.3 is 0 Å². The number of carbonyl (C=O) groups excluding carboxylic acids is 1. The molecule has 0 fully saturated rings. The van der Waals surface area contributed by atoms with Crippen LogP contribution in [-0.2, 0) is 13.5 Å². The molecule has 4 rings (SSSR count). The number of hydrogen-bond donors (Lipinski definition) is 1. The fourth-order valence-corrected chi connectivity index (χ4v) is 3.84. The summed E-state index contributed by atoms with van der Waals surface area (Å²) >= 11 is 1.48. The molecule has 0 spiro atoms. The normalized spacial score (nSPS) is 10.9. The fourth-order valence-electron chi connectivity index (χ4n) is 2.98. The highest BCUT2D eigenvalue weighted by Crippen LogP contribution is 2.24. The fraction of sp³-hybridized carbons (Fsp3) is 0.136. The summed E-state index contributed by atoms with van der Waals surface area (Å²) < 4.78 is 27.7. The summed E-state index contributed by atoms with van der Waals surface area (Å²) in [5, 5.41) is 9.95. The number of aryl methyl sites for hydroxylation is 1. The molecule has 0 aliphatic carbocycles. The van der Waals surface area contributed by atoms with Crippen LogP contribution in [0, 0.1) is 11.6 Å². The molecule has 152 valence electrons. The first kappa shape index (κ1) is 19.9. The summed E-state index contributed by atoms with van der Waals surface area (Å²) in [7, 11) is 1.69. The van der Waals surface area contributed by atoms with Crippen molar-refractivity contribution in [1.29, 1.82) is 0 Å². The van der Waals surface area contributed by atoms with Gasteiger partial charge in [0.2, 0.25) is 0 Å². The number of thiazole rings is 1. The minimum absolute atomic E-state index is 0.243. The predicted octanol–water partition coefficient (Wildman–Crippen LogP) is 4.46. The molecule has 0 saturated heterocycles. The lowest BCUT2D eigenvalue weighted by molar-refractivity contribution is 0.0944. The lowest BCUT2D eigenvalue weighted by Crippen LogP contribution is -2.27. The van der Waals surface area contributed by atoms with E-state index in [2.05, 4.69) is 15.4 Å². The SMILES string of the molecule is Cn1nc(-c2ccc(F)cc2)cc1C(=O)NCCc1csc(-c2ccc(F)cc2)n1. The van der Waals surface area contributed by atoms with Gasteiger partial charge in [0.1, 0.15) is 22.3 Å². The maximum Gasteiger partial charge on any atom is 0.269 e. The highest BCUT2D eigenvalue weighted by Gasteiger charge is 2.14. The largest absolute Gasteiger partial charge is 0.350 e. The van der Waals surface area contributed by atoms with Crippen LogP contribution in [0.25, 0.3) is 21.8 Å². The van der Waals surface area contributed by atoms with Crippen molar-refractivity contribution in [3.05, 3.63) is 83.0 Å². The van der Waals surface area contributed by atoms with Crippen molar-refractivity contribution < 1.29 is 13.6 Å². The first-order chi connectivity index (χ1) is 14.5. The summed E-state index contributed by atoms with van der Waals surface area (Å²) in [5.41, 5.74) is 3.48. The van der Waals surface area contributed by atoms with Crippen LogP contribution >= 0.6 is 11.3 Å². The molecule has 0 aliphatic rings. The summed E-state index contributed by atoms with van der Waals surface area (Å²) in [5.74, 6) is -0.847. The second kappa shape index (κ2) is 8.54. The van der Waals surface area contributed by atoms with Crippen LogP contribution in [-0.4, -0.2) is 27.2 Å². The predicted molar refractivity (Wildman–Crippen MR) is 112 cm³/mol. The second-order valence-corrected chi connectivity index (χ2v) is 7.56. The molecule has 30 heavy (non-hydrogen) atoms. The Kier molecular flexibility index (Phi) is 5.67. The Hall–Kier alpha value is -3.39. The van der Waals surface area contributed by atoms with Crippen LogP contribution in [0.4, 0.5) is 8.78 Å². The van der Waals surface area contributed by atoms with Gasteiger partial charge in [0.25, 0.3) is 5.91 Å². The molecule has 8 heteroatoms. The molecule has 2 heterocycles. The number of halogens is 2. The van der Waals surface area contributed by atoms with E-state index in [0.717, 1.165) is 21.8 Å². The van der Waals surface area contributed by atoms with Crippen molar-refractivity contribution in [3.63, 3.8) is 0 Å². The van der Waals surface area contributed by atoms with Gasteiger partial charge in [-0.3, -0.25) is 9.48 Å². The summed E-state index contributed by atoms with van der Waals surface area (Å²) in [4.78, 5) is 17.1. The smallest absolute Gasteiger partial charge is 0.269 e. The van der Waals surface area contributed by atoms with Gasteiger partial charge in [-0.15, -0.1) is 11.3 Å². The summed E-state index contributed by atoms with van der Waals surface area (Å²) in [6.07, 6.45) is 0.576. The maximum absolute atomic E-state index is 13.1. The average Bonchev–Trinajstić information content (AvgIpc) is 3.36. The zero-order chi connectivity index (χ0) is 21.1. The number of carbonyl (C=O) groups is 1.